The second kappa shape index (κ2) is 12.2. The third-order valence-electron chi connectivity index (χ3n) is 5.70. The first-order valence-corrected chi connectivity index (χ1v) is 11.2. The molecule has 2 fully saturated rings. The second-order valence-corrected chi connectivity index (χ2v) is 8.37. The number of amides is 1. The topological polar surface area (TPSA) is 71.5 Å². The van der Waals surface area contributed by atoms with E-state index in [9.17, 15) is 9.90 Å². The number of hydrogen-bond acceptors (Lipinski definition) is 6. The van der Waals surface area contributed by atoms with Gasteiger partial charge in [0.05, 0.1) is 32.0 Å². The lowest BCUT2D eigenvalue weighted by atomic mass is 9.98. The van der Waals surface area contributed by atoms with Gasteiger partial charge in [0.1, 0.15) is 5.75 Å². The fourth-order valence-corrected chi connectivity index (χ4v) is 4.01. The Kier molecular flexibility index (Phi) is 9.39. The number of benzene rings is 1. The summed E-state index contributed by atoms with van der Waals surface area (Å²) in [4.78, 5) is 16.0. The highest BCUT2D eigenvalue weighted by Gasteiger charge is 2.18. The van der Waals surface area contributed by atoms with Gasteiger partial charge >= 0.3 is 0 Å². The number of morpholine rings is 1. The number of carbonyl (C=O) groups is 1. The van der Waals surface area contributed by atoms with Crippen LogP contribution in [0.3, 0.4) is 0 Å². The highest BCUT2D eigenvalue weighted by atomic mass is 16.5. The van der Waals surface area contributed by atoms with Crippen LogP contribution in [0, 0.1) is 0 Å². The Balaban J connectivity index is 1.34. The minimum absolute atomic E-state index is 0.00783. The number of carbonyl (C=O) groups excluding carboxylic acids is 1. The highest BCUT2D eigenvalue weighted by molar-refractivity contribution is 5.77. The van der Waals surface area contributed by atoms with Crippen molar-refractivity contribution in [1.29, 1.82) is 0 Å². The van der Waals surface area contributed by atoms with E-state index in [1.807, 2.05) is 31.3 Å². The summed E-state index contributed by atoms with van der Waals surface area (Å²) >= 11 is 0. The van der Waals surface area contributed by atoms with Crippen LogP contribution in [0.5, 0.6) is 5.75 Å². The molecule has 1 heterocycles. The van der Waals surface area contributed by atoms with Crippen molar-refractivity contribution in [1.82, 2.24) is 9.80 Å². The molecular weight excluding hydrogens is 384 g/mol. The number of likely N-dealkylation sites (N-methyl/N-ethyl adjacent to an activating group) is 1. The van der Waals surface area contributed by atoms with Crippen molar-refractivity contribution in [2.75, 3.05) is 53.1 Å². The number of nitrogens with zero attached hydrogens (tertiary/aromatic N) is 2. The molecule has 168 valence electrons. The van der Waals surface area contributed by atoms with Gasteiger partial charge in [0.15, 0.2) is 6.61 Å². The van der Waals surface area contributed by atoms with E-state index >= 15 is 0 Å². The van der Waals surface area contributed by atoms with Gasteiger partial charge < -0.3 is 24.2 Å². The van der Waals surface area contributed by atoms with E-state index in [0.717, 1.165) is 24.9 Å². The molecule has 1 aliphatic carbocycles. The molecule has 1 saturated carbocycles. The standard InChI is InChI=1S/C23H36N2O5/c1-24(16-20(26)17-29-21-5-3-2-4-6-21)15-19-7-9-22(10-8-19)30-18-23(27)25-11-13-28-14-12-25/h7-10,20-21,26H,2-6,11-18H2,1H3/t20-/m1/s1. The monoisotopic (exact) mass is 420 g/mol. The van der Waals surface area contributed by atoms with Gasteiger partial charge in [-0.2, -0.15) is 0 Å². The molecule has 1 atom stereocenters. The fourth-order valence-electron chi connectivity index (χ4n) is 4.01. The van der Waals surface area contributed by atoms with Crippen molar-refractivity contribution >= 4 is 5.91 Å². The third kappa shape index (κ3) is 7.87. The number of aliphatic hydroxyl groups is 1. The van der Waals surface area contributed by atoms with Crippen LogP contribution in [0.4, 0.5) is 0 Å². The Morgan fingerprint density at radius 3 is 2.60 bits per heavy atom. The molecule has 0 bridgehead atoms. The molecule has 1 saturated heterocycles. The Bertz CT molecular complexity index is 627. The van der Waals surface area contributed by atoms with Crippen LogP contribution in [-0.2, 0) is 20.8 Å². The first kappa shape index (κ1) is 23.0. The molecule has 30 heavy (non-hydrogen) atoms. The van der Waals surface area contributed by atoms with Gasteiger partial charge in [-0.3, -0.25) is 9.69 Å². The Labute approximate surface area is 179 Å². The molecule has 1 aromatic rings. The van der Waals surface area contributed by atoms with Gasteiger partial charge in [0.25, 0.3) is 5.91 Å². The normalized spacial score (nSPS) is 19.1. The largest absolute Gasteiger partial charge is 0.484 e. The lowest BCUT2D eigenvalue weighted by molar-refractivity contribution is -0.137. The van der Waals surface area contributed by atoms with Gasteiger partial charge in [0.2, 0.25) is 0 Å². The molecule has 0 aromatic heterocycles. The summed E-state index contributed by atoms with van der Waals surface area (Å²) in [5.74, 6) is 0.676. The zero-order chi connectivity index (χ0) is 21.2. The van der Waals surface area contributed by atoms with E-state index < -0.39 is 6.10 Å². The van der Waals surface area contributed by atoms with Crippen LogP contribution in [0.1, 0.15) is 37.7 Å². The predicted molar refractivity (Wildman–Crippen MR) is 115 cm³/mol. The van der Waals surface area contributed by atoms with Crippen molar-refractivity contribution in [2.45, 2.75) is 50.9 Å². The van der Waals surface area contributed by atoms with Crippen LogP contribution in [0.25, 0.3) is 0 Å². The molecule has 0 spiro atoms. The average molecular weight is 421 g/mol. The summed E-state index contributed by atoms with van der Waals surface area (Å²) in [7, 11) is 2.00. The van der Waals surface area contributed by atoms with Gasteiger partial charge in [-0.15, -0.1) is 0 Å². The summed E-state index contributed by atoms with van der Waals surface area (Å²) in [5.41, 5.74) is 1.13. The molecular formula is C23H36N2O5. The van der Waals surface area contributed by atoms with Gasteiger partial charge in [-0.1, -0.05) is 31.4 Å². The first-order valence-electron chi connectivity index (χ1n) is 11.2. The van der Waals surface area contributed by atoms with E-state index in [1.165, 1.54) is 19.3 Å². The van der Waals surface area contributed by atoms with Crippen LogP contribution >= 0.6 is 0 Å². The van der Waals surface area contributed by atoms with Crippen LogP contribution in [0.2, 0.25) is 0 Å². The maximum atomic E-state index is 12.1. The quantitative estimate of drug-likeness (QED) is 0.625. The van der Waals surface area contributed by atoms with E-state index in [4.69, 9.17) is 14.2 Å². The molecule has 0 radical (unpaired) electrons. The summed E-state index contributed by atoms with van der Waals surface area (Å²) in [5, 5.41) is 10.3. The zero-order valence-electron chi connectivity index (χ0n) is 18.1. The van der Waals surface area contributed by atoms with Crippen LogP contribution < -0.4 is 4.74 Å². The molecule has 7 heteroatoms. The molecule has 2 aliphatic rings. The minimum atomic E-state index is -0.481. The SMILES string of the molecule is CN(Cc1ccc(OCC(=O)N2CCOCC2)cc1)C[C@@H](O)COC1CCCCC1. The lowest BCUT2D eigenvalue weighted by Crippen LogP contribution is -2.42. The minimum Gasteiger partial charge on any atom is -0.484 e. The lowest BCUT2D eigenvalue weighted by Gasteiger charge is -2.26. The zero-order valence-corrected chi connectivity index (χ0v) is 18.1. The average Bonchev–Trinajstić information content (AvgIpc) is 2.78. The Morgan fingerprint density at radius 1 is 1.20 bits per heavy atom. The predicted octanol–water partition coefficient (Wildman–Crippen LogP) is 2.07. The highest BCUT2D eigenvalue weighted by Crippen LogP contribution is 2.20. The van der Waals surface area contributed by atoms with Crippen LogP contribution in [-0.4, -0.2) is 86.1 Å². The van der Waals surface area contributed by atoms with Crippen LogP contribution in [0.15, 0.2) is 24.3 Å². The second-order valence-electron chi connectivity index (χ2n) is 8.37. The van der Waals surface area contributed by atoms with Crippen molar-refractivity contribution in [3.05, 3.63) is 29.8 Å². The molecule has 0 unspecified atom stereocenters. The summed E-state index contributed by atoms with van der Waals surface area (Å²) in [6, 6.07) is 7.77. The maximum absolute atomic E-state index is 12.1. The van der Waals surface area contributed by atoms with E-state index in [2.05, 4.69) is 4.90 Å². The smallest absolute Gasteiger partial charge is 0.260 e. The molecule has 7 nitrogen and oxygen atoms in total. The van der Waals surface area contributed by atoms with Crippen molar-refractivity contribution in [2.24, 2.45) is 0 Å². The number of rotatable bonds is 10. The maximum Gasteiger partial charge on any atom is 0.260 e. The van der Waals surface area contributed by atoms with E-state index in [0.29, 0.717) is 51.3 Å². The van der Waals surface area contributed by atoms with Gasteiger partial charge in [-0.05, 0) is 37.6 Å². The molecule has 1 amide bonds. The van der Waals surface area contributed by atoms with Gasteiger partial charge in [-0.25, -0.2) is 0 Å². The molecule has 1 aromatic carbocycles. The Hall–Kier alpha value is -1.67. The van der Waals surface area contributed by atoms with Crippen molar-refractivity contribution in [3.63, 3.8) is 0 Å². The number of hydrogen-bond donors (Lipinski definition) is 1. The summed E-state index contributed by atoms with van der Waals surface area (Å²) in [6.45, 7) is 4.19. The van der Waals surface area contributed by atoms with E-state index in [1.54, 1.807) is 4.90 Å². The summed E-state index contributed by atoms with van der Waals surface area (Å²) in [6.07, 6.45) is 5.86. The molecule has 1 N–H and O–H groups in total. The molecule has 1 aliphatic heterocycles. The number of ether oxygens (including phenoxy) is 3. The van der Waals surface area contributed by atoms with Crippen molar-refractivity contribution in [3.8, 4) is 5.75 Å². The Morgan fingerprint density at radius 2 is 1.90 bits per heavy atom. The van der Waals surface area contributed by atoms with E-state index in [-0.39, 0.29) is 12.5 Å². The molecule has 3 rings (SSSR count). The van der Waals surface area contributed by atoms with Gasteiger partial charge in [0, 0.05) is 26.2 Å². The fraction of sp³-hybridized carbons (Fsp3) is 0.696. The first-order chi connectivity index (χ1) is 14.6. The third-order valence-corrected chi connectivity index (χ3v) is 5.70. The summed E-state index contributed by atoms with van der Waals surface area (Å²) < 4.78 is 16.8. The number of aliphatic hydroxyl groups excluding tert-OH is 1. The van der Waals surface area contributed by atoms with Crippen molar-refractivity contribution < 1.29 is 24.1 Å².